The van der Waals surface area contributed by atoms with Gasteiger partial charge < -0.3 is 20.1 Å². The van der Waals surface area contributed by atoms with Crippen LogP contribution in [0.1, 0.15) is 25.7 Å². The number of hydrogen-bond acceptors (Lipinski definition) is 6. The number of allylic oxidation sites excluding steroid dienone is 2. The van der Waals surface area contributed by atoms with E-state index in [-0.39, 0.29) is 24.8 Å². The third-order valence-electron chi connectivity index (χ3n) is 4.94. The molecule has 0 radical (unpaired) electrons. The monoisotopic (exact) mass is 406 g/mol. The van der Waals surface area contributed by atoms with Crippen molar-refractivity contribution < 1.29 is 19.1 Å². The van der Waals surface area contributed by atoms with Crippen LogP contribution < -0.4 is 10.6 Å². The van der Waals surface area contributed by atoms with Gasteiger partial charge in [-0.1, -0.05) is 36.4 Å². The highest BCUT2D eigenvalue weighted by molar-refractivity contribution is 5.76. The fourth-order valence-corrected chi connectivity index (χ4v) is 3.38. The molecular formula is C24H26N2O4. The van der Waals surface area contributed by atoms with Crippen molar-refractivity contribution >= 4 is 23.3 Å². The SMILES string of the molecule is COC(=O)CC1=C(Nc2ccccc2)CC(CC(=O)OC)=C(Nc2ccccc2)C1. The Hall–Kier alpha value is -3.54. The molecule has 0 bridgehead atoms. The number of benzene rings is 2. The van der Waals surface area contributed by atoms with Crippen molar-refractivity contribution in [2.75, 3.05) is 24.9 Å². The van der Waals surface area contributed by atoms with Gasteiger partial charge in [-0.05, 0) is 35.4 Å². The Balaban J connectivity index is 1.93. The molecule has 0 fully saturated rings. The molecule has 1 aliphatic carbocycles. The van der Waals surface area contributed by atoms with Gasteiger partial charge in [0.15, 0.2) is 0 Å². The Morgan fingerprint density at radius 2 is 1.07 bits per heavy atom. The lowest BCUT2D eigenvalue weighted by Crippen LogP contribution is -2.19. The molecule has 0 aliphatic heterocycles. The first-order chi connectivity index (χ1) is 14.6. The summed E-state index contributed by atoms with van der Waals surface area (Å²) in [4.78, 5) is 24.1. The first-order valence-corrected chi connectivity index (χ1v) is 9.78. The molecule has 2 N–H and O–H groups in total. The summed E-state index contributed by atoms with van der Waals surface area (Å²) >= 11 is 0. The second-order valence-corrected chi connectivity index (χ2v) is 7.01. The molecule has 6 nitrogen and oxygen atoms in total. The third kappa shape index (κ3) is 5.73. The minimum Gasteiger partial charge on any atom is -0.469 e. The van der Waals surface area contributed by atoms with Crippen molar-refractivity contribution in [3.8, 4) is 0 Å². The van der Waals surface area contributed by atoms with Crippen LogP contribution in [-0.2, 0) is 19.1 Å². The van der Waals surface area contributed by atoms with E-state index in [4.69, 9.17) is 9.47 Å². The van der Waals surface area contributed by atoms with Crippen LogP contribution in [0.15, 0.2) is 83.2 Å². The number of carbonyl (C=O) groups excluding carboxylic acids is 2. The van der Waals surface area contributed by atoms with Gasteiger partial charge in [-0.25, -0.2) is 0 Å². The van der Waals surface area contributed by atoms with E-state index in [1.165, 1.54) is 14.2 Å². The summed E-state index contributed by atoms with van der Waals surface area (Å²) in [6.07, 6.45) is 1.37. The molecular weight excluding hydrogens is 380 g/mol. The van der Waals surface area contributed by atoms with E-state index in [9.17, 15) is 9.59 Å². The molecule has 1 aliphatic rings. The second-order valence-electron chi connectivity index (χ2n) is 7.01. The zero-order valence-electron chi connectivity index (χ0n) is 17.2. The van der Waals surface area contributed by atoms with Crippen molar-refractivity contribution in [3.63, 3.8) is 0 Å². The molecule has 0 unspecified atom stereocenters. The predicted molar refractivity (Wildman–Crippen MR) is 117 cm³/mol. The molecule has 2 aromatic rings. The summed E-state index contributed by atoms with van der Waals surface area (Å²) < 4.78 is 9.80. The molecule has 6 heteroatoms. The lowest BCUT2D eigenvalue weighted by Gasteiger charge is -2.27. The second kappa shape index (κ2) is 10.3. The van der Waals surface area contributed by atoms with E-state index in [0.717, 1.165) is 33.9 Å². The Morgan fingerprint density at radius 1 is 0.700 bits per heavy atom. The summed E-state index contributed by atoms with van der Waals surface area (Å²) in [5.74, 6) is -0.597. The van der Waals surface area contributed by atoms with Gasteiger partial charge in [0.1, 0.15) is 0 Å². The van der Waals surface area contributed by atoms with Gasteiger partial charge in [0.2, 0.25) is 0 Å². The molecule has 30 heavy (non-hydrogen) atoms. The largest absolute Gasteiger partial charge is 0.469 e. The van der Waals surface area contributed by atoms with Crippen molar-refractivity contribution in [2.24, 2.45) is 0 Å². The standard InChI is InChI=1S/C24H26N2O4/c1-29-23(27)15-17-13-22(26-20-11-7-4-8-12-20)18(16-24(28)30-2)14-21(17)25-19-9-5-3-6-10-19/h3-12,25-26H,13-16H2,1-2H3. The molecule has 0 amide bonds. The quantitative estimate of drug-likeness (QED) is 0.622. The van der Waals surface area contributed by atoms with Crippen LogP contribution in [0.4, 0.5) is 11.4 Å². The van der Waals surface area contributed by atoms with Crippen LogP contribution in [0, 0.1) is 0 Å². The molecule has 156 valence electrons. The lowest BCUT2D eigenvalue weighted by atomic mass is 9.89. The highest BCUT2D eigenvalue weighted by Gasteiger charge is 2.24. The Bertz CT molecular complexity index is 870. The average molecular weight is 406 g/mol. The smallest absolute Gasteiger partial charge is 0.309 e. The average Bonchev–Trinajstić information content (AvgIpc) is 2.77. The van der Waals surface area contributed by atoms with Gasteiger partial charge in [0.05, 0.1) is 27.1 Å². The highest BCUT2D eigenvalue weighted by atomic mass is 16.5. The Labute approximate surface area is 176 Å². The van der Waals surface area contributed by atoms with E-state index in [1.807, 2.05) is 60.7 Å². The van der Waals surface area contributed by atoms with Crippen LogP contribution in [0.3, 0.4) is 0 Å². The zero-order valence-corrected chi connectivity index (χ0v) is 17.2. The van der Waals surface area contributed by atoms with Crippen LogP contribution in [-0.4, -0.2) is 26.2 Å². The summed E-state index contributed by atoms with van der Waals surface area (Å²) in [6.45, 7) is 0. The van der Waals surface area contributed by atoms with Gasteiger partial charge in [-0.15, -0.1) is 0 Å². The minimum atomic E-state index is -0.298. The van der Waals surface area contributed by atoms with Crippen LogP contribution in [0.25, 0.3) is 0 Å². The van der Waals surface area contributed by atoms with Gasteiger partial charge in [-0.3, -0.25) is 9.59 Å². The van der Waals surface area contributed by atoms with E-state index in [2.05, 4.69) is 10.6 Å². The van der Waals surface area contributed by atoms with E-state index in [0.29, 0.717) is 12.8 Å². The number of rotatable bonds is 8. The molecule has 0 spiro atoms. The van der Waals surface area contributed by atoms with Crippen LogP contribution in [0.2, 0.25) is 0 Å². The van der Waals surface area contributed by atoms with Gasteiger partial charge in [0.25, 0.3) is 0 Å². The van der Waals surface area contributed by atoms with Crippen LogP contribution in [0.5, 0.6) is 0 Å². The fourth-order valence-electron chi connectivity index (χ4n) is 3.38. The number of anilines is 2. The molecule has 3 rings (SSSR count). The number of para-hydroxylation sites is 2. The maximum absolute atomic E-state index is 12.1. The minimum absolute atomic E-state index is 0.178. The third-order valence-corrected chi connectivity index (χ3v) is 4.94. The van der Waals surface area contributed by atoms with Crippen molar-refractivity contribution in [2.45, 2.75) is 25.7 Å². The van der Waals surface area contributed by atoms with Crippen molar-refractivity contribution in [1.82, 2.24) is 0 Å². The summed E-state index contributed by atoms with van der Waals surface area (Å²) in [6, 6.07) is 19.5. The number of esters is 2. The number of methoxy groups -OCH3 is 2. The van der Waals surface area contributed by atoms with E-state index >= 15 is 0 Å². The van der Waals surface area contributed by atoms with E-state index < -0.39 is 0 Å². The fraction of sp³-hybridized carbons (Fsp3) is 0.250. The first kappa shape index (κ1) is 21.2. The Kier molecular flexibility index (Phi) is 7.27. The number of ether oxygens (including phenoxy) is 2. The first-order valence-electron chi connectivity index (χ1n) is 9.78. The van der Waals surface area contributed by atoms with Gasteiger partial charge in [0, 0.05) is 35.6 Å². The topological polar surface area (TPSA) is 76.7 Å². The number of nitrogens with one attached hydrogen (secondary N) is 2. The summed E-state index contributed by atoms with van der Waals surface area (Å²) in [5, 5.41) is 6.85. The maximum Gasteiger partial charge on any atom is 0.309 e. The lowest BCUT2D eigenvalue weighted by molar-refractivity contribution is -0.140. The van der Waals surface area contributed by atoms with Gasteiger partial charge >= 0.3 is 11.9 Å². The summed E-state index contributed by atoms with van der Waals surface area (Å²) in [5.41, 5.74) is 5.52. The molecule has 0 saturated carbocycles. The van der Waals surface area contributed by atoms with Crippen LogP contribution >= 0.6 is 0 Å². The van der Waals surface area contributed by atoms with Crippen molar-refractivity contribution in [3.05, 3.63) is 83.2 Å². The summed E-state index contributed by atoms with van der Waals surface area (Å²) in [7, 11) is 2.77. The predicted octanol–water partition coefficient (Wildman–Crippen LogP) is 4.64. The van der Waals surface area contributed by atoms with Gasteiger partial charge in [-0.2, -0.15) is 0 Å². The van der Waals surface area contributed by atoms with Crippen molar-refractivity contribution in [1.29, 1.82) is 0 Å². The zero-order chi connectivity index (χ0) is 21.3. The Morgan fingerprint density at radius 3 is 1.40 bits per heavy atom. The number of carbonyl (C=O) groups is 2. The molecule has 0 heterocycles. The molecule has 0 aromatic heterocycles. The number of hydrogen-bond donors (Lipinski definition) is 2. The van der Waals surface area contributed by atoms with E-state index in [1.54, 1.807) is 0 Å². The maximum atomic E-state index is 12.1. The molecule has 0 atom stereocenters. The normalized spacial score (nSPS) is 13.7. The molecule has 2 aromatic carbocycles. The highest BCUT2D eigenvalue weighted by Crippen LogP contribution is 2.35. The molecule has 0 saturated heterocycles.